The van der Waals surface area contributed by atoms with E-state index in [1.165, 1.54) is 38.5 Å². The number of hydrogen-bond acceptors (Lipinski definition) is 6. The SMILES string of the molecule is COc1cccc(COC(=O)c2ccc(S(C)(=O)=O)cc2)c1OC. The Balaban J connectivity index is 2.11. The second-order valence-electron chi connectivity index (χ2n) is 5.03. The second kappa shape index (κ2) is 7.35. The van der Waals surface area contributed by atoms with E-state index in [4.69, 9.17) is 14.2 Å². The first-order chi connectivity index (χ1) is 11.4. The molecule has 0 fully saturated rings. The number of methoxy groups -OCH3 is 2. The topological polar surface area (TPSA) is 78.9 Å². The van der Waals surface area contributed by atoms with Crippen molar-refractivity contribution in [2.45, 2.75) is 11.5 Å². The van der Waals surface area contributed by atoms with Crippen LogP contribution in [0.3, 0.4) is 0 Å². The molecule has 0 saturated heterocycles. The molecule has 2 aromatic carbocycles. The van der Waals surface area contributed by atoms with Gasteiger partial charge in [0.15, 0.2) is 21.3 Å². The lowest BCUT2D eigenvalue weighted by molar-refractivity contribution is 0.0469. The zero-order valence-electron chi connectivity index (χ0n) is 13.6. The first-order valence-electron chi connectivity index (χ1n) is 7.04. The summed E-state index contributed by atoms with van der Waals surface area (Å²) in [6.45, 7) is 0.00698. The number of rotatable bonds is 6. The predicted octanol–water partition coefficient (Wildman–Crippen LogP) is 2.46. The maximum Gasteiger partial charge on any atom is 0.338 e. The molecule has 0 aromatic heterocycles. The number of benzene rings is 2. The Morgan fingerprint density at radius 3 is 2.21 bits per heavy atom. The highest BCUT2D eigenvalue weighted by atomic mass is 32.2. The molecule has 0 heterocycles. The lowest BCUT2D eigenvalue weighted by Crippen LogP contribution is -2.07. The molecule has 0 unspecified atom stereocenters. The molecule has 7 heteroatoms. The molecule has 6 nitrogen and oxygen atoms in total. The van der Waals surface area contributed by atoms with E-state index in [0.29, 0.717) is 17.1 Å². The monoisotopic (exact) mass is 350 g/mol. The predicted molar refractivity (Wildman–Crippen MR) is 88.2 cm³/mol. The van der Waals surface area contributed by atoms with Crippen LogP contribution in [0.1, 0.15) is 15.9 Å². The van der Waals surface area contributed by atoms with Crippen LogP contribution >= 0.6 is 0 Å². The highest BCUT2D eigenvalue weighted by molar-refractivity contribution is 7.90. The van der Waals surface area contributed by atoms with Gasteiger partial charge in [-0.2, -0.15) is 0 Å². The van der Waals surface area contributed by atoms with E-state index in [-0.39, 0.29) is 17.1 Å². The van der Waals surface area contributed by atoms with Crippen molar-refractivity contribution in [3.8, 4) is 11.5 Å². The van der Waals surface area contributed by atoms with Crippen molar-refractivity contribution in [1.82, 2.24) is 0 Å². The molecular weight excluding hydrogens is 332 g/mol. The largest absolute Gasteiger partial charge is 0.493 e. The van der Waals surface area contributed by atoms with Gasteiger partial charge >= 0.3 is 5.97 Å². The van der Waals surface area contributed by atoms with Crippen LogP contribution in [0.5, 0.6) is 11.5 Å². The van der Waals surface area contributed by atoms with E-state index in [1.54, 1.807) is 18.2 Å². The summed E-state index contributed by atoms with van der Waals surface area (Å²) < 4.78 is 38.6. The summed E-state index contributed by atoms with van der Waals surface area (Å²) in [6.07, 6.45) is 1.11. The van der Waals surface area contributed by atoms with Crippen LogP contribution in [0.2, 0.25) is 0 Å². The Bertz CT molecular complexity index is 825. The first-order valence-corrected chi connectivity index (χ1v) is 8.93. The van der Waals surface area contributed by atoms with Gasteiger partial charge in [0.05, 0.1) is 24.7 Å². The van der Waals surface area contributed by atoms with Gasteiger partial charge in [0.25, 0.3) is 0 Å². The zero-order chi connectivity index (χ0) is 17.7. The van der Waals surface area contributed by atoms with Gasteiger partial charge in [-0.25, -0.2) is 13.2 Å². The number of ether oxygens (including phenoxy) is 3. The van der Waals surface area contributed by atoms with Crippen molar-refractivity contribution >= 4 is 15.8 Å². The molecule has 2 rings (SSSR count). The Labute approximate surface area is 140 Å². The standard InChI is InChI=1S/C17H18O6S/c1-21-15-6-4-5-13(16(15)22-2)11-23-17(18)12-7-9-14(10-8-12)24(3,19)20/h4-10H,11H2,1-3H3. The first kappa shape index (κ1) is 17.8. The molecular formula is C17H18O6S. The van der Waals surface area contributed by atoms with E-state index >= 15 is 0 Å². The van der Waals surface area contributed by atoms with Crippen LogP contribution in [-0.4, -0.2) is 34.9 Å². The number of hydrogen-bond donors (Lipinski definition) is 0. The normalized spacial score (nSPS) is 11.0. The molecule has 24 heavy (non-hydrogen) atoms. The molecule has 2 aromatic rings. The fourth-order valence-electron chi connectivity index (χ4n) is 2.13. The molecule has 0 aliphatic rings. The van der Waals surface area contributed by atoms with Crippen LogP contribution < -0.4 is 9.47 Å². The van der Waals surface area contributed by atoms with E-state index < -0.39 is 15.8 Å². The van der Waals surface area contributed by atoms with Gasteiger partial charge in [0, 0.05) is 11.8 Å². The molecule has 0 radical (unpaired) electrons. The Kier molecular flexibility index (Phi) is 5.46. The molecule has 0 aliphatic carbocycles. The van der Waals surface area contributed by atoms with E-state index in [0.717, 1.165) is 6.26 Å². The maximum absolute atomic E-state index is 12.1. The van der Waals surface area contributed by atoms with Crippen LogP contribution in [0.4, 0.5) is 0 Å². The van der Waals surface area contributed by atoms with Crippen molar-refractivity contribution in [1.29, 1.82) is 0 Å². The third-order valence-corrected chi connectivity index (χ3v) is 4.49. The average Bonchev–Trinajstić information content (AvgIpc) is 2.58. The summed E-state index contributed by atoms with van der Waals surface area (Å²) in [6, 6.07) is 10.9. The van der Waals surface area contributed by atoms with Crippen molar-refractivity contribution in [3.05, 3.63) is 53.6 Å². The number of para-hydroxylation sites is 1. The van der Waals surface area contributed by atoms with Crippen molar-refractivity contribution in [2.75, 3.05) is 20.5 Å². The third kappa shape index (κ3) is 4.05. The summed E-state index contributed by atoms with van der Waals surface area (Å²) in [5.74, 6) is 0.490. The number of sulfone groups is 1. The highest BCUT2D eigenvalue weighted by Gasteiger charge is 2.14. The fourth-order valence-corrected chi connectivity index (χ4v) is 2.76. The molecule has 0 amide bonds. The smallest absolute Gasteiger partial charge is 0.338 e. The van der Waals surface area contributed by atoms with Crippen molar-refractivity contribution < 1.29 is 27.4 Å². The van der Waals surface area contributed by atoms with Gasteiger partial charge in [-0.15, -0.1) is 0 Å². The van der Waals surface area contributed by atoms with Gasteiger partial charge in [-0.1, -0.05) is 12.1 Å². The quantitative estimate of drug-likeness (QED) is 0.745. The maximum atomic E-state index is 12.1. The van der Waals surface area contributed by atoms with E-state index in [9.17, 15) is 13.2 Å². The third-order valence-electron chi connectivity index (χ3n) is 3.36. The summed E-state index contributed by atoms with van der Waals surface area (Å²) in [4.78, 5) is 12.2. The van der Waals surface area contributed by atoms with Crippen LogP contribution in [-0.2, 0) is 21.2 Å². The molecule has 0 atom stereocenters. The number of esters is 1. The fraction of sp³-hybridized carbons (Fsp3) is 0.235. The molecule has 0 saturated carbocycles. The summed E-state index contributed by atoms with van der Waals surface area (Å²) in [5.41, 5.74) is 0.933. The van der Waals surface area contributed by atoms with Crippen molar-refractivity contribution in [3.63, 3.8) is 0 Å². The van der Waals surface area contributed by atoms with E-state index in [2.05, 4.69) is 0 Å². The lowest BCUT2D eigenvalue weighted by Gasteiger charge is -2.12. The highest BCUT2D eigenvalue weighted by Crippen LogP contribution is 2.31. The number of carbonyl (C=O) groups excluding carboxylic acids is 1. The van der Waals surface area contributed by atoms with Gasteiger partial charge in [-0.3, -0.25) is 0 Å². The minimum absolute atomic E-state index is 0.00698. The number of carbonyl (C=O) groups is 1. The van der Waals surface area contributed by atoms with Crippen molar-refractivity contribution in [2.24, 2.45) is 0 Å². The van der Waals surface area contributed by atoms with Gasteiger partial charge in [-0.05, 0) is 30.3 Å². The minimum atomic E-state index is -3.30. The summed E-state index contributed by atoms with van der Waals surface area (Å²) in [5, 5.41) is 0. The van der Waals surface area contributed by atoms with Crippen LogP contribution in [0, 0.1) is 0 Å². The Morgan fingerprint density at radius 2 is 1.67 bits per heavy atom. The zero-order valence-corrected chi connectivity index (χ0v) is 14.4. The Hall–Kier alpha value is -2.54. The van der Waals surface area contributed by atoms with Gasteiger partial charge in [0.2, 0.25) is 0 Å². The molecule has 0 N–H and O–H groups in total. The van der Waals surface area contributed by atoms with Gasteiger partial charge < -0.3 is 14.2 Å². The lowest BCUT2D eigenvalue weighted by atomic mass is 10.2. The van der Waals surface area contributed by atoms with Crippen LogP contribution in [0.25, 0.3) is 0 Å². The van der Waals surface area contributed by atoms with Crippen LogP contribution in [0.15, 0.2) is 47.4 Å². The molecule has 0 bridgehead atoms. The summed E-state index contributed by atoms with van der Waals surface area (Å²) in [7, 11) is -0.268. The summed E-state index contributed by atoms with van der Waals surface area (Å²) >= 11 is 0. The van der Waals surface area contributed by atoms with E-state index in [1.807, 2.05) is 0 Å². The second-order valence-corrected chi connectivity index (χ2v) is 7.04. The Morgan fingerprint density at radius 1 is 1.00 bits per heavy atom. The van der Waals surface area contributed by atoms with Gasteiger partial charge in [0.1, 0.15) is 6.61 Å². The molecule has 128 valence electrons. The molecule has 0 aliphatic heterocycles. The average molecular weight is 350 g/mol. The minimum Gasteiger partial charge on any atom is -0.493 e. The molecule has 0 spiro atoms.